The second-order valence-electron chi connectivity index (χ2n) is 2.72. The van der Waals surface area contributed by atoms with Crippen molar-refractivity contribution in [2.75, 3.05) is 0 Å². The summed E-state index contributed by atoms with van der Waals surface area (Å²) in [5.74, 6) is -1.61. The molecular formula is C7H5KNNaO7S. The molecule has 0 heterocycles. The first kappa shape index (κ1) is 20.9. The maximum absolute atomic E-state index is 10.8. The minimum absolute atomic E-state index is 0. The van der Waals surface area contributed by atoms with Crippen molar-refractivity contribution < 1.29 is 27.8 Å². The molecular weight excluding hydrogens is 304 g/mol. The van der Waals surface area contributed by atoms with Crippen molar-refractivity contribution in [1.82, 2.24) is 0 Å². The van der Waals surface area contributed by atoms with E-state index in [0.29, 0.717) is 6.07 Å². The Morgan fingerprint density at radius 3 is 2.17 bits per heavy atom. The van der Waals surface area contributed by atoms with Gasteiger partial charge in [0.2, 0.25) is 0 Å². The zero-order valence-electron chi connectivity index (χ0n) is 9.52. The number of carbonyl (C=O) groups is 1. The van der Waals surface area contributed by atoms with Gasteiger partial charge in [0.1, 0.15) is 4.90 Å². The van der Waals surface area contributed by atoms with Crippen LogP contribution in [0.4, 0.5) is 5.69 Å². The molecule has 18 heavy (non-hydrogen) atoms. The van der Waals surface area contributed by atoms with Crippen LogP contribution in [-0.4, -0.2) is 110 Å². The maximum atomic E-state index is 10.8. The molecule has 0 amide bonds. The van der Waals surface area contributed by atoms with Gasteiger partial charge in [0.15, 0.2) is 0 Å². The molecule has 11 heteroatoms. The molecule has 0 unspecified atom stereocenters. The molecule has 0 bridgehead atoms. The Morgan fingerprint density at radius 1 is 1.33 bits per heavy atom. The molecule has 0 spiro atoms. The van der Waals surface area contributed by atoms with Gasteiger partial charge in [-0.25, -0.2) is 4.79 Å². The molecule has 0 saturated heterocycles. The van der Waals surface area contributed by atoms with Gasteiger partial charge >= 0.3 is 5.97 Å². The molecule has 0 aliphatic heterocycles. The molecule has 0 fully saturated rings. The fourth-order valence-corrected chi connectivity index (χ4v) is 1.72. The average molecular weight is 309 g/mol. The van der Waals surface area contributed by atoms with Gasteiger partial charge in [-0.15, -0.1) is 0 Å². The van der Waals surface area contributed by atoms with Crippen LogP contribution < -0.4 is 0 Å². The molecule has 0 saturated carbocycles. The number of carboxylic acid groups (broad SMARTS) is 1. The van der Waals surface area contributed by atoms with Crippen molar-refractivity contribution in [1.29, 1.82) is 0 Å². The number of nitro benzene ring substituents is 1. The van der Waals surface area contributed by atoms with Crippen molar-refractivity contribution in [3.8, 4) is 0 Å². The standard InChI is InChI=1S/C7H5NO7S.K.Na/c9-7(10)5-2-1-4(8(11)12)3-6(5)16(13,14)15;;/h1-3H,(H,9,10)(H,13,14,15);;. The van der Waals surface area contributed by atoms with Crippen LogP contribution in [-0.2, 0) is 10.1 Å². The Labute approximate surface area is 166 Å². The van der Waals surface area contributed by atoms with Crippen molar-refractivity contribution in [3.05, 3.63) is 33.9 Å². The number of benzene rings is 1. The molecule has 0 atom stereocenters. The summed E-state index contributed by atoms with van der Waals surface area (Å²) in [6, 6.07) is 2.06. The molecule has 1 aromatic rings. The van der Waals surface area contributed by atoms with Crippen LogP contribution in [0.5, 0.6) is 0 Å². The molecule has 2 radical (unpaired) electrons. The van der Waals surface area contributed by atoms with Crippen LogP contribution >= 0.6 is 0 Å². The first-order valence-electron chi connectivity index (χ1n) is 3.72. The summed E-state index contributed by atoms with van der Waals surface area (Å²) in [6.07, 6.45) is 0. The third-order valence-corrected chi connectivity index (χ3v) is 2.58. The SMILES string of the molecule is O=C(O)c1ccc([N+](=O)[O-])cc1S(=O)(=O)O.[K].[Na]. The topological polar surface area (TPSA) is 135 Å². The summed E-state index contributed by atoms with van der Waals surface area (Å²) in [7, 11) is -4.82. The van der Waals surface area contributed by atoms with E-state index in [1.165, 1.54) is 0 Å². The number of rotatable bonds is 3. The molecule has 1 rings (SSSR count). The number of aromatic carboxylic acids is 1. The Morgan fingerprint density at radius 2 is 1.83 bits per heavy atom. The summed E-state index contributed by atoms with van der Waals surface area (Å²) in [5, 5.41) is 19.0. The van der Waals surface area contributed by atoms with Crippen LogP contribution in [0.15, 0.2) is 23.1 Å². The Kier molecular flexibility index (Phi) is 9.36. The monoisotopic (exact) mass is 309 g/mol. The maximum Gasteiger partial charge on any atom is 0.337 e. The summed E-state index contributed by atoms with van der Waals surface area (Å²) in [5.41, 5.74) is -1.36. The van der Waals surface area contributed by atoms with E-state index in [-0.39, 0.29) is 80.9 Å². The largest absolute Gasteiger partial charge is 0.478 e. The van der Waals surface area contributed by atoms with Crippen LogP contribution in [0.3, 0.4) is 0 Å². The summed E-state index contributed by atoms with van der Waals surface area (Å²) in [6.45, 7) is 0. The van der Waals surface area contributed by atoms with Gasteiger partial charge in [-0.05, 0) is 6.07 Å². The summed E-state index contributed by atoms with van der Waals surface area (Å²) < 4.78 is 30.3. The van der Waals surface area contributed by atoms with Gasteiger partial charge in [0.05, 0.1) is 10.5 Å². The van der Waals surface area contributed by atoms with E-state index in [0.717, 1.165) is 12.1 Å². The summed E-state index contributed by atoms with van der Waals surface area (Å²) >= 11 is 0. The van der Waals surface area contributed by atoms with Gasteiger partial charge in [-0.1, -0.05) is 0 Å². The van der Waals surface area contributed by atoms with Gasteiger partial charge in [0.25, 0.3) is 15.8 Å². The Bertz CT molecular complexity index is 573. The minimum atomic E-state index is -4.82. The van der Waals surface area contributed by atoms with Crippen molar-refractivity contribution in [3.63, 3.8) is 0 Å². The third kappa shape index (κ3) is 5.33. The molecule has 8 nitrogen and oxygen atoms in total. The third-order valence-electron chi connectivity index (χ3n) is 1.68. The molecule has 88 valence electrons. The first-order valence-corrected chi connectivity index (χ1v) is 5.16. The number of non-ortho nitro benzene ring substituents is 1. The predicted octanol–water partition coefficient (Wildman–Crippen LogP) is -0.222. The van der Waals surface area contributed by atoms with E-state index in [1.54, 1.807) is 0 Å². The smallest absolute Gasteiger partial charge is 0.337 e. The zero-order chi connectivity index (χ0) is 12.5. The minimum Gasteiger partial charge on any atom is -0.478 e. The van der Waals surface area contributed by atoms with E-state index in [4.69, 9.17) is 9.66 Å². The number of hydrogen-bond acceptors (Lipinski definition) is 5. The van der Waals surface area contributed by atoms with E-state index in [2.05, 4.69) is 0 Å². The number of nitrogens with zero attached hydrogens (tertiary/aromatic N) is 1. The second-order valence-corrected chi connectivity index (χ2v) is 4.11. The first-order chi connectivity index (χ1) is 7.23. The van der Waals surface area contributed by atoms with Crippen LogP contribution in [0, 0.1) is 10.1 Å². The van der Waals surface area contributed by atoms with Crippen molar-refractivity contribution >= 4 is 103 Å². The van der Waals surface area contributed by atoms with Crippen LogP contribution in [0.25, 0.3) is 0 Å². The van der Waals surface area contributed by atoms with Gasteiger partial charge in [0, 0.05) is 93.1 Å². The molecule has 0 aliphatic carbocycles. The van der Waals surface area contributed by atoms with E-state index < -0.39 is 37.2 Å². The molecule has 0 aliphatic rings. The van der Waals surface area contributed by atoms with Gasteiger partial charge in [-0.3, -0.25) is 14.7 Å². The van der Waals surface area contributed by atoms with Gasteiger partial charge in [-0.2, -0.15) is 8.42 Å². The number of carboxylic acids is 1. The fourth-order valence-electron chi connectivity index (χ4n) is 1.01. The zero-order valence-corrected chi connectivity index (χ0v) is 15.5. The molecule has 1 aromatic carbocycles. The second kappa shape index (κ2) is 8.04. The van der Waals surface area contributed by atoms with Crippen molar-refractivity contribution in [2.24, 2.45) is 0 Å². The Balaban J connectivity index is 0. The van der Waals surface area contributed by atoms with Crippen LogP contribution in [0.1, 0.15) is 10.4 Å². The Hall–Kier alpha value is 0.636. The van der Waals surface area contributed by atoms with Crippen molar-refractivity contribution in [2.45, 2.75) is 4.90 Å². The average Bonchev–Trinajstić information content (AvgIpc) is 2.15. The quantitative estimate of drug-likeness (QED) is 0.341. The number of hydrogen-bond donors (Lipinski definition) is 2. The van der Waals surface area contributed by atoms with Gasteiger partial charge < -0.3 is 5.11 Å². The number of nitro groups is 1. The summed E-state index contributed by atoms with van der Waals surface area (Å²) in [4.78, 5) is 19.0. The predicted molar refractivity (Wildman–Crippen MR) is 61.4 cm³/mol. The van der Waals surface area contributed by atoms with E-state index >= 15 is 0 Å². The van der Waals surface area contributed by atoms with E-state index in [1.807, 2.05) is 0 Å². The molecule has 2 N–H and O–H groups in total. The fraction of sp³-hybridized carbons (Fsp3) is 0. The van der Waals surface area contributed by atoms with E-state index in [9.17, 15) is 23.3 Å². The normalized spacial score (nSPS) is 9.83. The molecule has 0 aromatic heterocycles. The van der Waals surface area contributed by atoms with Crippen LogP contribution in [0.2, 0.25) is 0 Å².